The summed E-state index contributed by atoms with van der Waals surface area (Å²) in [7, 11) is 0. The van der Waals surface area contributed by atoms with Crippen LogP contribution >= 0.6 is 0 Å². The smallest absolute Gasteiger partial charge is 0.407 e. The van der Waals surface area contributed by atoms with Crippen LogP contribution in [0.5, 0.6) is 0 Å². The molecule has 7 rings (SSSR count). The van der Waals surface area contributed by atoms with Gasteiger partial charge in [-0.3, -0.25) is 0 Å². The zero-order chi connectivity index (χ0) is 32.1. The molecule has 1 amide bonds. The van der Waals surface area contributed by atoms with Crippen molar-refractivity contribution in [2.45, 2.75) is 43.1 Å². The number of nitrogens with one attached hydrogen (secondary N) is 1. The molecular formula is C39H35N5O3. The third-order valence-corrected chi connectivity index (χ3v) is 8.88. The highest BCUT2D eigenvalue weighted by molar-refractivity contribution is 5.68. The number of alkyl carbamates (subject to hydrolysis) is 1. The number of aliphatic hydroxyl groups is 1. The maximum absolute atomic E-state index is 12.8. The van der Waals surface area contributed by atoms with Crippen molar-refractivity contribution in [3.63, 3.8) is 0 Å². The van der Waals surface area contributed by atoms with Crippen LogP contribution < -0.4 is 5.32 Å². The Hall–Kier alpha value is -5.60. The Kier molecular flexibility index (Phi) is 8.33. The van der Waals surface area contributed by atoms with Gasteiger partial charge in [-0.2, -0.15) is 0 Å². The summed E-state index contributed by atoms with van der Waals surface area (Å²) >= 11 is 0. The van der Waals surface area contributed by atoms with Gasteiger partial charge in [0.15, 0.2) is 11.4 Å². The third-order valence-electron chi connectivity index (χ3n) is 8.88. The number of hydrogen-bond donors (Lipinski definition) is 2. The minimum Gasteiger partial charge on any atom is -0.445 e. The van der Waals surface area contributed by atoms with Crippen LogP contribution in [0.1, 0.15) is 45.6 Å². The predicted molar refractivity (Wildman–Crippen MR) is 178 cm³/mol. The highest BCUT2D eigenvalue weighted by atomic mass is 16.5. The van der Waals surface area contributed by atoms with Crippen molar-refractivity contribution >= 4 is 6.09 Å². The maximum Gasteiger partial charge on any atom is 0.407 e. The van der Waals surface area contributed by atoms with Crippen molar-refractivity contribution in [3.8, 4) is 0 Å². The van der Waals surface area contributed by atoms with E-state index in [0.29, 0.717) is 12.2 Å². The number of fused-ring (bicyclic) bond motifs is 1. The summed E-state index contributed by atoms with van der Waals surface area (Å²) in [6.45, 7) is 0.166. The molecule has 1 aliphatic carbocycles. The molecule has 6 aromatic rings. The van der Waals surface area contributed by atoms with E-state index in [9.17, 15) is 9.90 Å². The number of amides is 1. The molecule has 1 heterocycles. The quantitative estimate of drug-likeness (QED) is 0.187. The molecule has 0 aliphatic heterocycles. The van der Waals surface area contributed by atoms with E-state index >= 15 is 0 Å². The van der Waals surface area contributed by atoms with Gasteiger partial charge in [0.25, 0.3) is 0 Å². The Balaban J connectivity index is 1.22. The summed E-state index contributed by atoms with van der Waals surface area (Å²) in [5.41, 5.74) is 3.30. The number of ether oxygens (including phenoxy) is 1. The molecule has 0 radical (unpaired) electrons. The molecule has 0 saturated carbocycles. The van der Waals surface area contributed by atoms with Gasteiger partial charge < -0.3 is 15.2 Å². The van der Waals surface area contributed by atoms with Crippen LogP contribution in [0.15, 0.2) is 146 Å². The second kappa shape index (κ2) is 13.0. The minimum absolute atomic E-state index is 0.107. The van der Waals surface area contributed by atoms with Crippen molar-refractivity contribution in [1.29, 1.82) is 0 Å². The van der Waals surface area contributed by atoms with E-state index in [4.69, 9.17) is 9.84 Å². The van der Waals surface area contributed by atoms with E-state index in [0.717, 1.165) is 33.4 Å². The fourth-order valence-electron chi connectivity index (χ4n) is 6.81. The van der Waals surface area contributed by atoms with E-state index in [-0.39, 0.29) is 25.5 Å². The van der Waals surface area contributed by atoms with Crippen molar-refractivity contribution in [1.82, 2.24) is 25.5 Å². The van der Waals surface area contributed by atoms with Crippen LogP contribution in [-0.4, -0.2) is 37.4 Å². The lowest BCUT2D eigenvalue weighted by Crippen LogP contribution is -2.47. The molecule has 2 N–H and O–H groups in total. The summed E-state index contributed by atoms with van der Waals surface area (Å²) in [5, 5.41) is 29.5. The molecule has 0 saturated heterocycles. The standard InChI is InChI=1S/C39H35N5O3/c45-37(47-28-29-15-5-1-6-16-29)40-34-25-30-17-13-14-24-35(30)38(46,26-34)27-36-41-43-44(42-36)39(31-18-7-2-8-19-31,32-20-9-3-10-21-32)33-22-11-4-12-23-33/h1-24,34,46H,25-28H2,(H,40,45)/t34-,38-/m0/s1. The van der Waals surface area contributed by atoms with E-state index < -0.39 is 17.2 Å². The first-order chi connectivity index (χ1) is 23.0. The lowest BCUT2D eigenvalue weighted by atomic mass is 9.75. The first-order valence-electron chi connectivity index (χ1n) is 15.8. The zero-order valence-corrected chi connectivity index (χ0v) is 25.8. The summed E-state index contributed by atoms with van der Waals surface area (Å²) in [5.74, 6) is 0.391. The van der Waals surface area contributed by atoms with Crippen LogP contribution in [0.25, 0.3) is 0 Å². The highest BCUT2D eigenvalue weighted by Crippen LogP contribution is 2.41. The number of aromatic nitrogens is 4. The van der Waals surface area contributed by atoms with E-state index in [1.54, 1.807) is 4.80 Å². The fourth-order valence-corrected chi connectivity index (χ4v) is 6.81. The number of rotatable bonds is 9. The SMILES string of the molecule is O=C(N[C@H]1Cc2ccccc2[C@@](O)(Cc2nnn(C(c3ccccc3)(c3ccccc3)c3ccccc3)n2)C1)OCc1ccccc1. The predicted octanol–water partition coefficient (Wildman–Crippen LogP) is 6.18. The molecule has 47 heavy (non-hydrogen) atoms. The largest absolute Gasteiger partial charge is 0.445 e. The van der Waals surface area contributed by atoms with Crippen molar-refractivity contribution < 1.29 is 14.6 Å². The zero-order valence-electron chi connectivity index (χ0n) is 25.8. The average molecular weight is 622 g/mol. The molecule has 0 unspecified atom stereocenters. The minimum atomic E-state index is -1.35. The molecule has 5 aromatic carbocycles. The second-order valence-electron chi connectivity index (χ2n) is 12.0. The summed E-state index contributed by atoms with van der Waals surface area (Å²) in [6.07, 6.45) is 0.414. The van der Waals surface area contributed by atoms with Gasteiger partial charge in [-0.1, -0.05) is 146 Å². The maximum atomic E-state index is 12.8. The van der Waals surface area contributed by atoms with Gasteiger partial charge in [-0.05, 0) is 45.0 Å². The lowest BCUT2D eigenvalue weighted by Gasteiger charge is -2.38. The Bertz CT molecular complexity index is 1840. The molecule has 0 fully saturated rings. The van der Waals surface area contributed by atoms with Crippen molar-refractivity contribution in [2.75, 3.05) is 0 Å². The van der Waals surface area contributed by atoms with Gasteiger partial charge in [-0.15, -0.1) is 15.0 Å². The van der Waals surface area contributed by atoms with Crippen LogP contribution in [0, 0.1) is 0 Å². The first kappa shape index (κ1) is 30.1. The lowest BCUT2D eigenvalue weighted by molar-refractivity contribution is 0.00699. The molecule has 1 aliphatic rings. The molecule has 234 valence electrons. The molecule has 1 aromatic heterocycles. The van der Waals surface area contributed by atoms with Crippen LogP contribution in [0.3, 0.4) is 0 Å². The van der Waals surface area contributed by atoms with Crippen molar-refractivity contribution in [2.24, 2.45) is 0 Å². The average Bonchev–Trinajstić information content (AvgIpc) is 3.57. The normalized spacial score (nSPS) is 17.4. The summed E-state index contributed by atoms with van der Waals surface area (Å²) in [4.78, 5) is 14.5. The number of carbonyl (C=O) groups is 1. The second-order valence-corrected chi connectivity index (χ2v) is 12.0. The molecule has 0 spiro atoms. The van der Waals surface area contributed by atoms with Crippen LogP contribution in [0.2, 0.25) is 0 Å². The van der Waals surface area contributed by atoms with Gasteiger partial charge in [-0.25, -0.2) is 4.79 Å². The molecule has 0 bridgehead atoms. The number of hydrogen-bond acceptors (Lipinski definition) is 6. The molecular weight excluding hydrogens is 586 g/mol. The van der Waals surface area contributed by atoms with Gasteiger partial charge in [0.05, 0.1) is 5.60 Å². The summed E-state index contributed by atoms with van der Waals surface area (Å²) < 4.78 is 5.50. The van der Waals surface area contributed by atoms with Crippen LogP contribution in [0.4, 0.5) is 4.79 Å². The van der Waals surface area contributed by atoms with Crippen LogP contribution in [-0.2, 0) is 35.3 Å². The summed E-state index contributed by atoms with van der Waals surface area (Å²) in [6, 6.07) is 47.4. The Labute approximate surface area is 273 Å². The first-order valence-corrected chi connectivity index (χ1v) is 15.8. The topological polar surface area (TPSA) is 102 Å². The number of tetrazole rings is 1. The van der Waals surface area contributed by atoms with E-state index in [1.807, 2.05) is 109 Å². The number of nitrogens with zero attached hydrogens (tertiary/aromatic N) is 4. The van der Waals surface area contributed by atoms with Gasteiger partial charge in [0.1, 0.15) is 6.61 Å². The Morgan fingerprint density at radius 1 is 0.787 bits per heavy atom. The van der Waals surface area contributed by atoms with E-state index in [1.165, 1.54) is 0 Å². The molecule has 2 atom stereocenters. The van der Waals surface area contributed by atoms with Gasteiger partial charge >= 0.3 is 6.09 Å². The van der Waals surface area contributed by atoms with Crippen molar-refractivity contribution in [3.05, 3.63) is 185 Å². The van der Waals surface area contributed by atoms with Gasteiger partial charge in [0, 0.05) is 18.9 Å². The Morgan fingerprint density at radius 3 is 1.91 bits per heavy atom. The third kappa shape index (κ3) is 6.03. The monoisotopic (exact) mass is 621 g/mol. The van der Waals surface area contributed by atoms with E-state index in [2.05, 4.69) is 52.0 Å². The van der Waals surface area contributed by atoms with Gasteiger partial charge in [0.2, 0.25) is 0 Å². The number of carbonyl (C=O) groups excluding carboxylic acids is 1. The molecule has 8 heteroatoms. The fraction of sp³-hybridized carbons (Fsp3) is 0.179. The highest BCUT2D eigenvalue weighted by Gasteiger charge is 2.43. The number of benzene rings is 5. The molecule has 8 nitrogen and oxygen atoms in total. The Morgan fingerprint density at radius 2 is 1.32 bits per heavy atom.